The number of rotatable bonds is 2. The van der Waals surface area contributed by atoms with Crippen LogP contribution in [-0.2, 0) is 13.0 Å². The Morgan fingerprint density at radius 2 is 2.21 bits per heavy atom. The van der Waals surface area contributed by atoms with Crippen molar-refractivity contribution in [2.24, 2.45) is 5.41 Å². The highest BCUT2D eigenvalue weighted by Crippen LogP contribution is 2.47. The molecule has 5 nitrogen and oxygen atoms in total. The fraction of sp³-hybridized carbons (Fsp3) is 0.611. The Bertz CT molecular complexity index is 672. The molecule has 2 N–H and O–H groups in total. The summed E-state index contributed by atoms with van der Waals surface area (Å²) in [6.45, 7) is 3.93. The van der Waals surface area contributed by atoms with Crippen LogP contribution in [0.5, 0.6) is 0 Å². The smallest absolute Gasteiger partial charge is 0.274 e. The van der Waals surface area contributed by atoms with Gasteiger partial charge < -0.3 is 4.90 Å². The standard InChI is InChI=1S/C18H24FN3O2/c1-21-10-18(11-21)4-2-14(8-18)22-5-3-12-6-13(17(23)20-24)7-16(19)15(12)9-22/h6-7,14,24H,2-5,8-11H2,1H3,(H,20,23). The van der Waals surface area contributed by atoms with E-state index in [1.807, 2.05) is 0 Å². The van der Waals surface area contributed by atoms with Crippen molar-refractivity contribution in [1.29, 1.82) is 0 Å². The molecule has 24 heavy (non-hydrogen) atoms. The van der Waals surface area contributed by atoms with Crippen LogP contribution in [0.25, 0.3) is 0 Å². The normalized spacial score (nSPS) is 26.2. The van der Waals surface area contributed by atoms with Crippen LogP contribution in [0.15, 0.2) is 12.1 Å². The second-order valence-electron chi connectivity index (χ2n) is 7.83. The van der Waals surface area contributed by atoms with Crippen molar-refractivity contribution in [3.05, 3.63) is 34.6 Å². The molecule has 1 amide bonds. The van der Waals surface area contributed by atoms with Crippen LogP contribution < -0.4 is 5.48 Å². The Hall–Kier alpha value is -1.50. The van der Waals surface area contributed by atoms with Crippen LogP contribution >= 0.6 is 0 Å². The van der Waals surface area contributed by atoms with Gasteiger partial charge in [0.25, 0.3) is 5.91 Å². The fourth-order valence-electron chi connectivity index (χ4n) is 5.02. The molecule has 2 fully saturated rings. The minimum absolute atomic E-state index is 0.180. The van der Waals surface area contributed by atoms with E-state index >= 15 is 0 Å². The number of fused-ring (bicyclic) bond motifs is 1. The van der Waals surface area contributed by atoms with Gasteiger partial charge in [-0.05, 0) is 55.8 Å². The van der Waals surface area contributed by atoms with Crippen molar-refractivity contribution in [3.63, 3.8) is 0 Å². The zero-order chi connectivity index (χ0) is 16.9. The highest BCUT2D eigenvalue weighted by Gasteiger charge is 2.48. The van der Waals surface area contributed by atoms with E-state index in [0.717, 1.165) is 18.5 Å². The molecule has 0 radical (unpaired) electrons. The predicted molar refractivity (Wildman–Crippen MR) is 87.3 cm³/mol. The average molecular weight is 333 g/mol. The molecule has 4 rings (SSSR count). The first-order valence-electron chi connectivity index (χ1n) is 8.68. The minimum Gasteiger partial charge on any atom is -0.305 e. The monoisotopic (exact) mass is 333 g/mol. The molecule has 0 bridgehead atoms. The summed E-state index contributed by atoms with van der Waals surface area (Å²) in [6.07, 6.45) is 4.46. The highest BCUT2D eigenvalue weighted by molar-refractivity contribution is 5.93. The van der Waals surface area contributed by atoms with Crippen molar-refractivity contribution in [3.8, 4) is 0 Å². The summed E-state index contributed by atoms with van der Waals surface area (Å²) in [5.74, 6) is -1.00. The van der Waals surface area contributed by atoms with E-state index in [4.69, 9.17) is 5.21 Å². The van der Waals surface area contributed by atoms with Gasteiger partial charge in [-0.25, -0.2) is 9.87 Å². The maximum atomic E-state index is 14.5. The van der Waals surface area contributed by atoms with Gasteiger partial charge in [-0.15, -0.1) is 0 Å². The Morgan fingerprint density at radius 3 is 2.92 bits per heavy atom. The van der Waals surface area contributed by atoms with Crippen LogP contribution in [0, 0.1) is 11.2 Å². The van der Waals surface area contributed by atoms with Crippen molar-refractivity contribution in [1.82, 2.24) is 15.3 Å². The second-order valence-corrected chi connectivity index (χ2v) is 7.83. The first-order chi connectivity index (χ1) is 11.5. The van der Waals surface area contributed by atoms with Gasteiger partial charge >= 0.3 is 0 Å². The molecule has 6 heteroatoms. The maximum absolute atomic E-state index is 14.5. The Labute approximate surface area is 141 Å². The number of carbonyl (C=O) groups excluding carboxylic acids is 1. The lowest BCUT2D eigenvalue weighted by Gasteiger charge is -2.47. The van der Waals surface area contributed by atoms with Crippen LogP contribution in [0.4, 0.5) is 4.39 Å². The van der Waals surface area contributed by atoms with Crippen LogP contribution in [0.3, 0.4) is 0 Å². The van der Waals surface area contributed by atoms with E-state index in [9.17, 15) is 9.18 Å². The number of hydrogen-bond acceptors (Lipinski definition) is 4. The Balaban J connectivity index is 1.49. The van der Waals surface area contributed by atoms with E-state index in [2.05, 4.69) is 16.8 Å². The molecular formula is C18H24FN3O2. The first-order valence-corrected chi connectivity index (χ1v) is 8.68. The van der Waals surface area contributed by atoms with Crippen LogP contribution in [-0.4, -0.2) is 53.6 Å². The number of hydroxylamine groups is 1. The first kappa shape index (κ1) is 16.0. The summed E-state index contributed by atoms with van der Waals surface area (Å²) in [7, 11) is 2.17. The molecule has 1 atom stereocenters. The number of carbonyl (C=O) groups is 1. The van der Waals surface area contributed by atoms with Crippen molar-refractivity contribution in [2.75, 3.05) is 26.7 Å². The Morgan fingerprint density at radius 1 is 1.42 bits per heavy atom. The van der Waals surface area contributed by atoms with Gasteiger partial charge in [0, 0.05) is 43.3 Å². The molecule has 1 aliphatic carbocycles. The second kappa shape index (κ2) is 5.79. The van der Waals surface area contributed by atoms with Gasteiger partial charge in [-0.3, -0.25) is 14.9 Å². The topological polar surface area (TPSA) is 55.8 Å². The molecule has 1 aromatic rings. The molecule has 2 heterocycles. The lowest BCUT2D eigenvalue weighted by molar-refractivity contribution is 0.0197. The molecule has 3 aliphatic rings. The molecule has 1 aromatic carbocycles. The fourth-order valence-corrected chi connectivity index (χ4v) is 5.02. The zero-order valence-electron chi connectivity index (χ0n) is 14.0. The van der Waals surface area contributed by atoms with E-state index in [1.165, 1.54) is 38.4 Å². The average Bonchev–Trinajstić information content (AvgIpc) is 2.98. The summed E-state index contributed by atoms with van der Waals surface area (Å²) in [6, 6.07) is 3.48. The molecule has 1 saturated carbocycles. The van der Waals surface area contributed by atoms with Crippen molar-refractivity contribution >= 4 is 5.91 Å². The third kappa shape index (κ3) is 2.62. The minimum atomic E-state index is -0.661. The number of likely N-dealkylation sites (tertiary alicyclic amines) is 1. The molecule has 1 saturated heterocycles. The predicted octanol–water partition coefficient (Wildman–Crippen LogP) is 1.79. The number of benzene rings is 1. The largest absolute Gasteiger partial charge is 0.305 e. The third-order valence-corrected chi connectivity index (χ3v) is 6.08. The van der Waals surface area contributed by atoms with E-state index < -0.39 is 5.91 Å². The lowest BCUT2D eigenvalue weighted by atomic mass is 9.78. The summed E-state index contributed by atoms with van der Waals surface area (Å²) in [4.78, 5) is 16.3. The van der Waals surface area contributed by atoms with Gasteiger partial charge in [0.15, 0.2) is 0 Å². The number of halogens is 1. The molecule has 1 spiro atoms. The molecule has 0 aromatic heterocycles. The van der Waals surface area contributed by atoms with Gasteiger partial charge in [0.2, 0.25) is 0 Å². The number of nitrogens with zero attached hydrogens (tertiary/aromatic N) is 2. The van der Waals surface area contributed by atoms with Crippen LogP contribution in [0.2, 0.25) is 0 Å². The lowest BCUT2D eigenvalue weighted by Crippen LogP contribution is -2.53. The molecular weight excluding hydrogens is 309 g/mol. The molecule has 1 unspecified atom stereocenters. The summed E-state index contributed by atoms with van der Waals surface area (Å²) in [5.41, 5.74) is 3.86. The number of hydrogen-bond donors (Lipinski definition) is 2. The summed E-state index contributed by atoms with van der Waals surface area (Å²) >= 11 is 0. The maximum Gasteiger partial charge on any atom is 0.274 e. The van der Waals surface area contributed by atoms with Gasteiger partial charge in [-0.1, -0.05) is 0 Å². The van der Waals surface area contributed by atoms with E-state index in [0.29, 0.717) is 23.6 Å². The molecule has 130 valence electrons. The SMILES string of the molecule is CN1CC2(CCC(N3CCc4cc(C(=O)NO)cc(F)c4C3)C2)C1. The highest BCUT2D eigenvalue weighted by atomic mass is 19.1. The summed E-state index contributed by atoms with van der Waals surface area (Å²) < 4.78 is 14.5. The van der Waals surface area contributed by atoms with Gasteiger partial charge in [0.1, 0.15) is 5.82 Å². The number of amides is 1. The van der Waals surface area contributed by atoms with Crippen LogP contribution in [0.1, 0.15) is 40.7 Å². The van der Waals surface area contributed by atoms with E-state index in [-0.39, 0.29) is 11.4 Å². The van der Waals surface area contributed by atoms with E-state index in [1.54, 1.807) is 11.5 Å². The Kier molecular flexibility index (Phi) is 3.86. The van der Waals surface area contributed by atoms with Crippen molar-refractivity contribution in [2.45, 2.75) is 38.3 Å². The molecule has 2 aliphatic heterocycles. The zero-order valence-corrected chi connectivity index (χ0v) is 14.0. The quantitative estimate of drug-likeness (QED) is 0.640. The third-order valence-electron chi connectivity index (χ3n) is 6.08. The summed E-state index contributed by atoms with van der Waals surface area (Å²) in [5, 5.41) is 8.73. The van der Waals surface area contributed by atoms with Gasteiger partial charge in [-0.2, -0.15) is 0 Å². The van der Waals surface area contributed by atoms with Crippen molar-refractivity contribution < 1.29 is 14.4 Å². The van der Waals surface area contributed by atoms with Gasteiger partial charge in [0.05, 0.1) is 0 Å². The number of nitrogens with one attached hydrogen (secondary N) is 1.